The molecule has 1 saturated carbocycles. The number of nitrogens with one attached hydrogen (secondary N) is 3. The van der Waals surface area contributed by atoms with Gasteiger partial charge in [-0.2, -0.15) is 0 Å². The Morgan fingerprint density at radius 1 is 0.974 bits per heavy atom. The SMILES string of the molecule is CCCNC(=O)c1cc(CC2CCC(NC(=O)Nc3cccc(OC(F)(F)F)c3)C2)ccc1OC(F)(F)F. The second-order valence-corrected chi connectivity index (χ2v) is 8.89. The lowest BCUT2D eigenvalue weighted by atomic mass is 9.96. The van der Waals surface area contributed by atoms with Gasteiger partial charge in [0.05, 0.1) is 5.56 Å². The molecule has 7 nitrogen and oxygen atoms in total. The first-order chi connectivity index (χ1) is 17.8. The van der Waals surface area contributed by atoms with Crippen LogP contribution in [0.5, 0.6) is 11.5 Å². The molecule has 3 rings (SSSR count). The van der Waals surface area contributed by atoms with Crippen molar-refractivity contribution < 1.29 is 45.4 Å². The molecule has 2 aromatic rings. The molecule has 0 bridgehead atoms. The maximum absolute atomic E-state index is 12.8. The molecule has 1 fully saturated rings. The quantitative estimate of drug-likeness (QED) is 0.329. The molecule has 2 unspecified atom stereocenters. The topological polar surface area (TPSA) is 88.7 Å². The van der Waals surface area contributed by atoms with E-state index in [-0.39, 0.29) is 23.2 Å². The van der Waals surface area contributed by atoms with Gasteiger partial charge in [0.25, 0.3) is 5.91 Å². The highest BCUT2D eigenvalue weighted by atomic mass is 19.4. The predicted molar refractivity (Wildman–Crippen MR) is 126 cm³/mol. The fraction of sp³-hybridized carbons (Fsp3) is 0.440. The van der Waals surface area contributed by atoms with E-state index in [4.69, 9.17) is 0 Å². The Balaban J connectivity index is 1.58. The van der Waals surface area contributed by atoms with Crippen LogP contribution in [0.15, 0.2) is 42.5 Å². The van der Waals surface area contributed by atoms with Crippen LogP contribution in [0.1, 0.15) is 48.5 Å². The molecule has 0 saturated heterocycles. The molecule has 13 heteroatoms. The Morgan fingerprint density at radius 3 is 2.39 bits per heavy atom. The van der Waals surface area contributed by atoms with E-state index in [9.17, 15) is 35.9 Å². The van der Waals surface area contributed by atoms with Crippen molar-refractivity contribution in [1.29, 1.82) is 0 Å². The van der Waals surface area contributed by atoms with E-state index in [0.717, 1.165) is 24.6 Å². The highest BCUT2D eigenvalue weighted by Crippen LogP contribution is 2.32. The molecule has 0 heterocycles. The Morgan fingerprint density at radius 2 is 1.71 bits per heavy atom. The van der Waals surface area contributed by atoms with Crippen LogP contribution in [0, 0.1) is 5.92 Å². The van der Waals surface area contributed by atoms with Crippen molar-refractivity contribution in [2.75, 3.05) is 11.9 Å². The number of benzene rings is 2. The molecule has 3 N–H and O–H groups in total. The number of hydrogen-bond acceptors (Lipinski definition) is 4. The van der Waals surface area contributed by atoms with Crippen LogP contribution < -0.4 is 25.4 Å². The van der Waals surface area contributed by atoms with Crippen LogP contribution in [-0.4, -0.2) is 37.2 Å². The van der Waals surface area contributed by atoms with Gasteiger partial charge in [-0.15, -0.1) is 26.3 Å². The molecule has 3 amide bonds. The third kappa shape index (κ3) is 9.34. The average molecular weight is 547 g/mol. The summed E-state index contributed by atoms with van der Waals surface area (Å²) in [6.07, 6.45) is -6.80. The third-order valence-corrected chi connectivity index (χ3v) is 5.78. The smallest absolute Gasteiger partial charge is 0.406 e. The van der Waals surface area contributed by atoms with Crippen molar-refractivity contribution in [3.63, 3.8) is 0 Å². The molecule has 2 atom stereocenters. The van der Waals surface area contributed by atoms with Gasteiger partial charge in [-0.05, 0) is 67.9 Å². The van der Waals surface area contributed by atoms with Crippen molar-refractivity contribution in [1.82, 2.24) is 10.6 Å². The minimum atomic E-state index is -4.95. The Hall–Kier alpha value is -3.64. The van der Waals surface area contributed by atoms with Crippen LogP contribution in [0.2, 0.25) is 0 Å². The Labute approximate surface area is 214 Å². The van der Waals surface area contributed by atoms with Gasteiger partial charge in [0.2, 0.25) is 0 Å². The van der Waals surface area contributed by atoms with E-state index in [0.29, 0.717) is 37.8 Å². The number of urea groups is 1. The number of amides is 3. The van der Waals surface area contributed by atoms with E-state index in [2.05, 4.69) is 25.4 Å². The summed E-state index contributed by atoms with van der Waals surface area (Å²) in [5, 5.41) is 7.80. The number of alkyl halides is 6. The second kappa shape index (κ2) is 12.3. The van der Waals surface area contributed by atoms with Crippen LogP contribution in [0.4, 0.5) is 36.8 Å². The van der Waals surface area contributed by atoms with Gasteiger partial charge in [-0.1, -0.05) is 19.1 Å². The minimum absolute atomic E-state index is 0.0877. The van der Waals surface area contributed by atoms with Crippen molar-refractivity contribution in [2.24, 2.45) is 5.92 Å². The summed E-state index contributed by atoms with van der Waals surface area (Å²) in [6, 6.07) is 8.06. The van der Waals surface area contributed by atoms with Crippen LogP contribution in [-0.2, 0) is 6.42 Å². The average Bonchev–Trinajstić information content (AvgIpc) is 3.23. The van der Waals surface area contributed by atoms with Gasteiger partial charge in [-0.25, -0.2) is 4.79 Å². The van der Waals surface area contributed by atoms with E-state index < -0.39 is 36.2 Å². The molecular formula is C25H27F6N3O4. The monoisotopic (exact) mass is 547 g/mol. The number of rotatable bonds is 9. The molecule has 0 radical (unpaired) electrons. The highest BCUT2D eigenvalue weighted by Gasteiger charge is 2.34. The molecule has 208 valence electrons. The van der Waals surface area contributed by atoms with E-state index in [1.165, 1.54) is 24.3 Å². The van der Waals surface area contributed by atoms with Gasteiger partial charge in [0.15, 0.2) is 0 Å². The normalized spacial score (nSPS) is 17.6. The summed E-state index contributed by atoms with van der Waals surface area (Å²) < 4.78 is 83.4. The van der Waals surface area contributed by atoms with Gasteiger partial charge in [-0.3, -0.25) is 4.79 Å². The van der Waals surface area contributed by atoms with Crippen molar-refractivity contribution in [2.45, 2.75) is 57.8 Å². The Bertz CT molecular complexity index is 1120. The van der Waals surface area contributed by atoms with Gasteiger partial charge in [0.1, 0.15) is 11.5 Å². The van der Waals surface area contributed by atoms with Crippen molar-refractivity contribution in [3.8, 4) is 11.5 Å². The minimum Gasteiger partial charge on any atom is -0.406 e. The second-order valence-electron chi connectivity index (χ2n) is 8.89. The zero-order valence-electron chi connectivity index (χ0n) is 20.3. The molecule has 1 aliphatic carbocycles. The fourth-order valence-corrected chi connectivity index (χ4v) is 4.28. The van der Waals surface area contributed by atoms with Crippen LogP contribution in [0.25, 0.3) is 0 Å². The number of carbonyl (C=O) groups is 2. The standard InChI is InChI=1S/C25H27F6N3O4/c1-2-10-32-22(35)20-13-16(7-9-21(20)38-25(29,30)31)11-15-6-8-18(12-15)34-23(36)33-17-4-3-5-19(14-17)37-24(26,27)28/h3-5,7,9,13-15,18H,2,6,8,10-12H2,1H3,(H,32,35)(H2,33,34,36). The lowest BCUT2D eigenvalue weighted by Gasteiger charge is -2.17. The molecule has 0 aliphatic heterocycles. The first-order valence-corrected chi connectivity index (χ1v) is 11.9. The van der Waals surface area contributed by atoms with Crippen LogP contribution >= 0.6 is 0 Å². The van der Waals surface area contributed by atoms with E-state index >= 15 is 0 Å². The van der Waals surface area contributed by atoms with Crippen LogP contribution in [0.3, 0.4) is 0 Å². The Kier molecular flexibility index (Phi) is 9.34. The molecular weight excluding hydrogens is 520 g/mol. The van der Waals surface area contributed by atoms with Gasteiger partial charge >= 0.3 is 18.8 Å². The molecule has 38 heavy (non-hydrogen) atoms. The van der Waals surface area contributed by atoms with E-state index in [1.54, 1.807) is 0 Å². The van der Waals surface area contributed by atoms with E-state index in [1.807, 2.05) is 6.92 Å². The maximum Gasteiger partial charge on any atom is 0.573 e. The molecule has 1 aliphatic rings. The van der Waals surface area contributed by atoms with Gasteiger partial charge < -0.3 is 25.4 Å². The largest absolute Gasteiger partial charge is 0.573 e. The number of anilines is 1. The highest BCUT2D eigenvalue weighted by molar-refractivity contribution is 5.97. The first-order valence-electron chi connectivity index (χ1n) is 11.9. The number of carbonyl (C=O) groups excluding carboxylic acids is 2. The fourth-order valence-electron chi connectivity index (χ4n) is 4.28. The lowest BCUT2D eigenvalue weighted by Crippen LogP contribution is -2.36. The maximum atomic E-state index is 12.8. The molecule has 0 spiro atoms. The summed E-state index contributed by atoms with van der Waals surface area (Å²) in [5.74, 6) is -1.63. The molecule has 0 aromatic heterocycles. The summed E-state index contributed by atoms with van der Waals surface area (Å²) in [5.41, 5.74) is 0.559. The van der Waals surface area contributed by atoms with Crippen molar-refractivity contribution >= 4 is 17.6 Å². The zero-order valence-corrected chi connectivity index (χ0v) is 20.3. The third-order valence-electron chi connectivity index (χ3n) is 5.78. The summed E-state index contributed by atoms with van der Waals surface area (Å²) in [6.45, 7) is 2.11. The summed E-state index contributed by atoms with van der Waals surface area (Å²) >= 11 is 0. The number of halogens is 6. The number of ether oxygens (including phenoxy) is 2. The predicted octanol–water partition coefficient (Wildman–Crippen LogP) is 6.16. The van der Waals surface area contributed by atoms with Gasteiger partial charge in [0, 0.05) is 24.3 Å². The first kappa shape index (κ1) is 28.9. The lowest BCUT2D eigenvalue weighted by molar-refractivity contribution is -0.275. The summed E-state index contributed by atoms with van der Waals surface area (Å²) in [4.78, 5) is 24.8. The van der Waals surface area contributed by atoms with Crippen molar-refractivity contribution in [3.05, 3.63) is 53.6 Å². The zero-order chi connectivity index (χ0) is 27.9. The number of hydrogen-bond donors (Lipinski definition) is 3. The summed E-state index contributed by atoms with van der Waals surface area (Å²) in [7, 11) is 0. The molecule has 2 aromatic carbocycles.